The van der Waals surface area contributed by atoms with E-state index in [4.69, 9.17) is 4.74 Å². The number of ether oxygens (including phenoxy) is 1. The van der Waals surface area contributed by atoms with Crippen LogP contribution in [0.4, 0.5) is 0 Å². The SMILES string of the molecule is COc1ccccc1-n1c(=O)c2sccc2n(CC(=O)N[C@@H]2CCc3ccccc32)c1=O. The Bertz CT molecular complexity index is 1450. The van der Waals surface area contributed by atoms with Crippen LogP contribution >= 0.6 is 11.3 Å². The maximum Gasteiger partial charge on any atom is 0.336 e. The number of carbonyl (C=O) groups excluding carboxylic acids is 1. The molecule has 8 heteroatoms. The lowest BCUT2D eigenvalue weighted by atomic mass is 10.1. The second-order valence-corrected chi connectivity index (χ2v) is 8.59. The summed E-state index contributed by atoms with van der Waals surface area (Å²) in [5, 5.41) is 4.81. The number of benzene rings is 2. The van der Waals surface area contributed by atoms with Gasteiger partial charge in [-0.3, -0.25) is 14.2 Å². The summed E-state index contributed by atoms with van der Waals surface area (Å²) in [6, 6.07) is 16.5. The van der Waals surface area contributed by atoms with Crippen LogP contribution in [0.5, 0.6) is 5.75 Å². The Labute approximate surface area is 187 Å². The molecule has 1 amide bonds. The Kier molecular flexibility index (Phi) is 5.14. The summed E-state index contributed by atoms with van der Waals surface area (Å²) in [7, 11) is 1.49. The summed E-state index contributed by atoms with van der Waals surface area (Å²) < 4.78 is 8.21. The molecule has 0 unspecified atom stereocenters. The highest BCUT2D eigenvalue weighted by atomic mass is 32.1. The zero-order valence-electron chi connectivity index (χ0n) is 17.4. The van der Waals surface area contributed by atoms with Gasteiger partial charge < -0.3 is 10.1 Å². The van der Waals surface area contributed by atoms with Crippen molar-refractivity contribution in [3.05, 3.63) is 91.9 Å². The van der Waals surface area contributed by atoms with E-state index in [9.17, 15) is 14.4 Å². The fraction of sp³-hybridized carbons (Fsp3) is 0.208. The lowest BCUT2D eigenvalue weighted by molar-refractivity contribution is -0.122. The van der Waals surface area contributed by atoms with Gasteiger partial charge in [-0.1, -0.05) is 36.4 Å². The van der Waals surface area contributed by atoms with Crippen molar-refractivity contribution in [3.8, 4) is 11.4 Å². The summed E-state index contributed by atoms with van der Waals surface area (Å²) in [4.78, 5) is 39.5. The zero-order valence-corrected chi connectivity index (χ0v) is 18.2. The van der Waals surface area contributed by atoms with E-state index in [0.29, 0.717) is 21.7 Å². The van der Waals surface area contributed by atoms with Crippen molar-refractivity contribution in [3.63, 3.8) is 0 Å². The third-order valence-corrected chi connectivity index (χ3v) is 6.74. The van der Waals surface area contributed by atoms with E-state index < -0.39 is 11.2 Å². The summed E-state index contributed by atoms with van der Waals surface area (Å²) in [6.45, 7) is -0.180. The molecule has 2 aromatic heterocycles. The first-order valence-corrected chi connectivity index (χ1v) is 11.2. The topological polar surface area (TPSA) is 82.3 Å². The van der Waals surface area contributed by atoms with Crippen LogP contribution in [0, 0.1) is 0 Å². The van der Waals surface area contributed by atoms with Crippen LogP contribution in [0.1, 0.15) is 23.6 Å². The number of amides is 1. The molecule has 1 N–H and O–H groups in total. The number of carbonyl (C=O) groups is 1. The lowest BCUT2D eigenvalue weighted by Gasteiger charge is -2.17. The molecular weight excluding hydrogens is 426 g/mol. The number of thiophene rings is 1. The zero-order chi connectivity index (χ0) is 22.2. The second-order valence-electron chi connectivity index (χ2n) is 7.67. The number of aromatic nitrogens is 2. The smallest absolute Gasteiger partial charge is 0.336 e. The molecule has 1 aliphatic rings. The molecule has 0 saturated carbocycles. The van der Waals surface area contributed by atoms with Gasteiger partial charge in [0.25, 0.3) is 5.56 Å². The van der Waals surface area contributed by atoms with Crippen molar-refractivity contribution in [2.24, 2.45) is 0 Å². The number of fused-ring (bicyclic) bond motifs is 2. The number of nitrogens with zero attached hydrogens (tertiary/aromatic N) is 2. The van der Waals surface area contributed by atoms with Gasteiger partial charge in [-0.25, -0.2) is 9.36 Å². The Hall–Kier alpha value is -3.65. The Morgan fingerprint density at radius 1 is 1.12 bits per heavy atom. The molecule has 0 fully saturated rings. The summed E-state index contributed by atoms with van der Waals surface area (Å²) in [5.74, 6) is 0.132. The maximum absolute atomic E-state index is 13.4. The van der Waals surface area contributed by atoms with Crippen molar-refractivity contribution in [2.45, 2.75) is 25.4 Å². The summed E-state index contributed by atoms with van der Waals surface area (Å²) >= 11 is 1.24. The molecule has 0 bridgehead atoms. The van der Waals surface area contributed by atoms with Gasteiger partial charge in [0.15, 0.2) is 0 Å². The minimum atomic E-state index is -0.577. The van der Waals surface area contributed by atoms with Crippen LogP contribution < -0.4 is 21.3 Å². The van der Waals surface area contributed by atoms with E-state index >= 15 is 0 Å². The monoisotopic (exact) mass is 447 g/mol. The van der Waals surface area contributed by atoms with E-state index in [1.165, 1.54) is 28.6 Å². The first-order valence-electron chi connectivity index (χ1n) is 10.3. The number of aryl methyl sites for hydroxylation is 1. The van der Waals surface area contributed by atoms with E-state index in [1.807, 2.05) is 18.2 Å². The molecule has 162 valence electrons. The van der Waals surface area contributed by atoms with Crippen LogP contribution in [-0.2, 0) is 17.8 Å². The molecule has 0 saturated heterocycles. The normalized spacial score (nSPS) is 15.0. The number of nitrogens with one attached hydrogen (secondary N) is 1. The van der Waals surface area contributed by atoms with Gasteiger partial charge in [0, 0.05) is 0 Å². The number of methoxy groups -OCH3 is 1. The molecule has 0 radical (unpaired) electrons. The number of rotatable bonds is 5. The molecule has 32 heavy (non-hydrogen) atoms. The first kappa shape index (κ1) is 20.3. The molecule has 2 aromatic carbocycles. The third-order valence-electron chi connectivity index (χ3n) is 5.85. The van der Waals surface area contributed by atoms with Gasteiger partial charge in [-0.05, 0) is 47.5 Å². The number of hydrogen-bond acceptors (Lipinski definition) is 5. The van der Waals surface area contributed by atoms with Crippen LogP contribution in [0.25, 0.3) is 15.9 Å². The van der Waals surface area contributed by atoms with Crippen molar-refractivity contribution < 1.29 is 9.53 Å². The second kappa shape index (κ2) is 8.12. The van der Waals surface area contributed by atoms with Crippen LogP contribution in [0.3, 0.4) is 0 Å². The molecule has 1 aliphatic carbocycles. The fourth-order valence-electron chi connectivity index (χ4n) is 4.36. The summed E-state index contributed by atoms with van der Waals surface area (Å²) in [6.07, 6.45) is 1.74. The fourth-order valence-corrected chi connectivity index (χ4v) is 5.18. The Morgan fingerprint density at radius 2 is 1.91 bits per heavy atom. The highest BCUT2D eigenvalue weighted by Gasteiger charge is 2.25. The predicted octanol–water partition coefficient (Wildman–Crippen LogP) is 3.03. The molecule has 4 aromatic rings. The minimum Gasteiger partial charge on any atom is -0.495 e. The molecule has 7 nitrogen and oxygen atoms in total. The van der Waals surface area contributed by atoms with Crippen molar-refractivity contribution in [1.82, 2.24) is 14.5 Å². The lowest BCUT2D eigenvalue weighted by Crippen LogP contribution is -2.42. The third kappa shape index (κ3) is 3.33. The predicted molar refractivity (Wildman–Crippen MR) is 124 cm³/mol. The highest BCUT2D eigenvalue weighted by Crippen LogP contribution is 2.30. The van der Waals surface area contributed by atoms with Crippen molar-refractivity contribution in [1.29, 1.82) is 0 Å². The van der Waals surface area contributed by atoms with Crippen LogP contribution in [0.2, 0.25) is 0 Å². The van der Waals surface area contributed by atoms with Gasteiger partial charge in [-0.2, -0.15) is 0 Å². The average Bonchev–Trinajstić information content (AvgIpc) is 3.45. The van der Waals surface area contributed by atoms with E-state index in [0.717, 1.165) is 23.0 Å². The van der Waals surface area contributed by atoms with Crippen LogP contribution in [0.15, 0.2) is 69.6 Å². The van der Waals surface area contributed by atoms with Gasteiger partial charge >= 0.3 is 5.69 Å². The standard InChI is InChI=1S/C24H21N3O4S/c1-31-20-9-5-4-8-18(20)27-23(29)22-19(12-13-32-22)26(24(27)30)14-21(28)25-17-11-10-15-6-2-3-7-16(15)17/h2-9,12-13,17H,10-11,14H2,1H3,(H,25,28)/t17-/m1/s1. The summed E-state index contributed by atoms with van der Waals surface area (Å²) in [5.41, 5.74) is 2.16. The minimum absolute atomic E-state index is 0.0764. The van der Waals surface area contributed by atoms with E-state index in [1.54, 1.807) is 35.7 Å². The van der Waals surface area contributed by atoms with Crippen LogP contribution in [-0.4, -0.2) is 22.2 Å². The average molecular weight is 448 g/mol. The van der Waals surface area contributed by atoms with Gasteiger partial charge in [0.1, 0.15) is 17.0 Å². The van der Waals surface area contributed by atoms with Gasteiger partial charge in [0.2, 0.25) is 5.91 Å². The number of hydrogen-bond donors (Lipinski definition) is 1. The highest BCUT2D eigenvalue weighted by molar-refractivity contribution is 7.17. The largest absolute Gasteiger partial charge is 0.495 e. The Morgan fingerprint density at radius 3 is 2.75 bits per heavy atom. The first-order chi connectivity index (χ1) is 15.6. The molecule has 0 aliphatic heterocycles. The van der Waals surface area contributed by atoms with E-state index in [-0.39, 0.29) is 18.5 Å². The van der Waals surface area contributed by atoms with Crippen molar-refractivity contribution >= 4 is 27.5 Å². The molecule has 0 spiro atoms. The van der Waals surface area contributed by atoms with E-state index in [2.05, 4.69) is 11.4 Å². The maximum atomic E-state index is 13.4. The molecule has 5 rings (SSSR count). The van der Waals surface area contributed by atoms with Gasteiger partial charge in [-0.15, -0.1) is 11.3 Å². The number of para-hydroxylation sites is 2. The Balaban J connectivity index is 1.55. The van der Waals surface area contributed by atoms with Crippen molar-refractivity contribution in [2.75, 3.05) is 7.11 Å². The molecular formula is C24H21N3O4S. The quantitative estimate of drug-likeness (QED) is 0.510. The molecule has 1 atom stereocenters. The molecule has 2 heterocycles. The van der Waals surface area contributed by atoms with Gasteiger partial charge in [0.05, 0.1) is 24.4 Å².